The minimum Gasteiger partial charge on any atom is -0.373 e. The SMILES string of the molecule is CCCCCCC(=O)COCC1C=CC=C1. The van der Waals surface area contributed by atoms with Gasteiger partial charge in [0.2, 0.25) is 0 Å². The Morgan fingerprint density at radius 3 is 2.62 bits per heavy atom. The highest BCUT2D eigenvalue weighted by Crippen LogP contribution is 2.09. The molecular formula is C14H22O2. The Bertz CT molecular complexity index is 241. The number of hydrogen-bond donors (Lipinski definition) is 0. The summed E-state index contributed by atoms with van der Waals surface area (Å²) in [6.45, 7) is 3.09. The molecule has 2 nitrogen and oxygen atoms in total. The summed E-state index contributed by atoms with van der Waals surface area (Å²) in [5, 5.41) is 0. The molecule has 0 N–H and O–H groups in total. The number of hydrogen-bond acceptors (Lipinski definition) is 2. The molecular weight excluding hydrogens is 200 g/mol. The molecule has 1 aliphatic carbocycles. The van der Waals surface area contributed by atoms with E-state index in [-0.39, 0.29) is 12.4 Å². The highest BCUT2D eigenvalue weighted by molar-refractivity contribution is 5.79. The third-order valence-electron chi connectivity index (χ3n) is 2.71. The highest BCUT2D eigenvalue weighted by Gasteiger charge is 2.06. The van der Waals surface area contributed by atoms with E-state index in [2.05, 4.69) is 19.1 Å². The average Bonchev–Trinajstić information content (AvgIpc) is 2.77. The van der Waals surface area contributed by atoms with Gasteiger partial charge in [-0.05, 0) is 6.42 Å². The van der Waals surface area contributed by atoms with Crippen molar-refractivity contribution in [3.8, 4) is 0 Å². The second-order valence-electron chi connectivity index (χ2n) is 4.30. The normalized spacial score (nSPS) is 14.8. The van der Waals surface area contributed by atoms with Crippen LogP contribution in [0.3, 0.4) is 0 Å². The molecule has 0 heterocycles. The van der Waals surface area contributed by atoms with Crippen LogP contribution in [0.25, 0.3) is 0 Å². The van der Waals surface area contributed by atoms with E-state index in [4.69, 9.17) is 4.74 Å². The van der Waals surface area contributed by atoms with Gasteiger partial charge in [0, 0.05) is 12.3 Å². The van der Waals surface area contributed by atoms with E-state index in [1.807, 2.05) is 12.2 Å². The molecule has 0 saturated carbocycles. The van der Waals surface area contributed by atoms with Gasteiger partial charge in [-0.25, -0.2) is 0 Å². The molecule has 1 aliphatic rings. The minimum atomic E-state index is 0.238. The molecule has 0 atom stereocenters. The van der Waals surface area contributed by atoms with E-state index < -0.39 is 0 Å². The van der Waals surface area contributed by atoms with Crippen LogP contribution < -0.4 is 0 Å². The quantitative estimate of drug-likeness (QED) is 0.560. The van der Waals surface area contributed by atoms with Crippen molar-refractivity contribution in [1.29, 1.82) is 0 Å². The number of Topliss-reactive ketones (excluding diaryl/α,β-unsaturated/α-hetero) is 1. The van der Waals surface area contributed by atoms with Crippen LogP contribution in [0.2, 0.25) is 0 Å². The van der Waals surface area contributed by atoms with Gasteiger partial charge in [0.25, 0.3) is 0 Å². The largest absolute Gasteiger partial charge is 0.373 e. The van der Waals surface area contributed by atoms with Gasteiger partial charge in [-0.15, -0.1) is 0 Å². The highest BCUT2D eigenvalue weighted by atomic mass is 16.5. The zero-order valence-corrected chi connectivity index (χ0v) is 10.2. The Balaban J connectivity index is 1.93. The zero-order valence-electron chi connectivity index (χ0n) is 10.2. The first-order valence-corrected chi connectivity index (χ1v) is 6.27. The summed E-state index contributed by atoms with van der Waals surface area (Å²) in [6, 6.07) is 0. The van der Waals surface area contributed by atoms with Crippen molar-refractivity contribution in [2.75, 3.05) is 13.2 Å². The van der Waals surface area contributed by atoms with Crippen LogP contribution >= 0.6 is 0 Å². The number of ketones is 1. The van der Waals surface area contributed by atoms with E-state index in [1.165, 1.54) is 12.8 Å². The topological polar surface area (TPSA) is 26.3 Å². The van der Waals surface area contributed by atoms with Gasteiger partial charge in [0.05, 0.1) is 6.61 Å². The maximum Gasteiger partial charge on any atom is 0.158 e. The Hall–Kier alpha value is -0.890. The van der Waals surface area contributed by atoms with Crippen molar-refractivity contribution in [2.24, 2.45) is 5.92 Å². The summed E-state index contributed by atoms with van der Waals surface area (Å²) in [5.74, 6) is 0.606. The van der Waals surface area contributed by atoms with Crippen LogP contribution in [0.1, 0.15) is 39.0 Å². The van der Waals surface area contributed by atoms with E-state index in [9.17, 15) is 4.79 Å². The summed E-state index contributed by atoms with van der Waals surface area (Å²) in [6.07, 6.45) is 13.5. The summed E-state index contributed by atoms with van der Waals surface area (Å²) >= 11 is 0. The first-order valence-electron chi connectivity index (χ1n) is 6.27. The summed E-state index contributed by atoms with van der Waals surface area (Å²) in [4.78, 5) is 11.4. The molecule has 0 unspecified atom stereocenters. The van der Waals surface area contributed by atoms with Crippen LogP contribution in [0.4, 0.5) is 0 Å². The molecule has 1 rings (SSSR count). The van der Waals surface area contributed by atoms with E-state index in [0.717, 1.165) is 12.8 Å². The molecule has 0 aliphatic heterocycles. The third-order valence-corrected chi connectivity index (χ3v) is 2.71. The van der Waals surface area contributed by atoms with Crippen molar-refractivity contribution in [1.82, 2.24) is 0 Å². The van der Waals surface area contributed by atoms with Crippen molar-refractivity contribution in [2.45, 2.75) is 39.0 Å². The smallest absolute Gasteiger partial charge is 0.158 e. The van der Waals surface area contributed by atoms with E-state index in [1.54, 1.807) is 0 Å². The molecule has 0 radical (unpaired) electrons. The fourth-order valence-electron chi connectivity index (χ4n) is 1.72. The van der Waals surface area contributed by atoms with Crippen molar-refractivity contribution < 1.29 is 9.53 Å². The monoisotopic (exact) mass is 222 g/mol. The molecule has 2 heteroatoms. The maximum absolute atomic E-state index is 11.4. The zero-order chi connectivity index (χ0) is 11.6. The van der Waals surface area contributed by atoms with E-state index in [0.29, 0.717) is 18.9 Å². The lowest BCUT2D eigenvalue weighted by atomic mass is 10.1. The fraction of sp³-hybridized carbons (Fsp3) is 0.643. The van der Waals surface area contributed by atoms with Gasteiger partial charge in [-0.2, -0.15) is 0 Å². The molecule has 0 saturated heterocycles. The molecule has 0 fully saturated rings. The lowest BCUT2D eigenvalue weighted by Gasteiger charge is -2.06. The number of ether oxygens (including phenoxy) is 1. The van der Waals surface area contributed by atoms with Crippen molar-refractivity contribution in [3.05, 3.63) is 24.3 Å². The Morgan fingerprint density at radius 2 is 1.94 bits per heavy atom. The Kier molecular flexibility index (Phi) is 6.82. The second-order valence-corrected chi connectivity index (χ2v) is 4.30. The van der Waals surface area contributed by atoms with Crippen LogP contribution in [0.15, 0.2) is 24.3 Å². The predicted molar refractivity (Wildman–Crippen MR) is 66.4 cm³/mol. The van der Waals surface area contributed by atoms with Crippen molar-refractivity contribution >= 4 is 5.78 Å². The van der Waals surface area contributed by atoms with Gasteiger partial charge in [0.15, 0.2) is 5.78 Å². The molecule has 0 aromatic carbocycles. The van der Waals surface area contributed by atoms with Gasteiger partial charge < -0.3 is 4.74 Å². The molecule has 0 bridgehead atoms. The molecule has 0 aromatic heterocycles. The number of carbonyl (C=O) groups excluding carboxylic acids is 1. The summed E-state index contributed by atoms with van der Waals surface area (Å²) < 4.78 is 5.38. The van der Waals surface area contributed by atoms with Gasteiger partial charge in [-0.1, -0.05) is 50.5 Å². The van der Waals surface area contributed by atoms with Gasteiger partial charge >= 0.3 is 0 Å². The first-order chi connectivity index (χ1) is 7.83. The van der Waals surface area contributed by atoms with Gasteiger partial charge in [-0.3, -0.25) is 4.79 Å². The second kappa shape index (κ2) is 8.28. The summed E-state index contributed by atoms with van der Waals surface area (Å²) in [5.41, 5.74) is 0. The van der Waals surface area contributed by atoms with Crippen LogP contribution in [0.5, 0.6) is 0 Å². The molecule has 0 aromatic rings. The Labute approximate surface area is 98.4 Å². The molecule has 0 spiro atoms. The number of rotatable bonds is 9. The lowest BCUT2D eigenvalue weighted by Crippen LogP contribution is -2.12. The Morgan fingerprint density at radius 1 is 1.19 bits per heavy atom. The predicted octanol–water partition coefficient (Wildman–Crippen LogP) is 3.28. The standard InChI is InChI=1S/C14H22O2/c1-2-3-4-5-10-14(15)12-16-11-13-8-6-7-9-13/h6-9,13H,2-5,10-12H2,1H3. The molecule has 16 heavy (non-hydrogen) atoms. The third kappa shape index (κ3) is 5.86. The van der Waals surface area contributed by atoms with Crippen LogP contribution in [-0.2, 0) is 9.53 Å². The number of unbranched alkanes of at least 4 members (excludes halogenated alkanes) is 3. The maximum atomic E-state index is 11.4. The first kappa shape index (κ1) is 13.2. The molecule has 90 valence electrons. The number of carbonyl (C=O) groups is 1. The van der Waals surface area contributed by atoms with Crippen LogP contribution in [0, 0.1) is 5.92 Å². The van der Waals surface area contributed by atoms with Gasteiger partial charge in [0.1, 0.15) is 6.61 Å². The fourth-order valence-corrected chi connectivity index (χ4v) is 1.72. The average molecular weight is 222 g/mol. The minimum absolute atomic E-state index is 0.238. The van der Waals surface area contributed by atoms with Crippen molar-refractivity contribution in [3.63, 3.8) is 0 Å². The molecule has 0 amide bonds. The van der Waals surface area contributed by atoms with E-state index >= 15 is 0 Å². The lowest BCUT2D eigenvalue weighted by molar-refractivity contribution is -0.123. The number of allylic oxidation sites excluding steroid dienone is 2. The van der Waals surface area contributed by atoms with Crippen LogP contribution in [-0.4, -0.2) is 19.0 Å². The summed E-state index contributed by atoms with van der Waals surface area (Å²) in [7, 11) is 0.